The zero-order valence-corrected chi connectivity index (χ0v) is 10.9. The highest BCUT2D eigenvalue weighted by atomic mass is 79.9. The van der Waals surface area contributed by atoms with E-state index in [9.17, 15) is 0 Å². The third-order valence-corrected chi connectivity index (χ3v) is 2.96. The topological polar surface area (TPSA) is 25.8 Å². The van der Waals surface area contributed by atoms with Gasteiger partial charge >= 0.3 is 0 Å². The van der Waals surface area contributed by atoms with E-state index in [1.54, 1.807) is 0 Å². The number of halogens is 1. The number of hydrogen-bond acceptors (Lipinski definition) is 2. The van der Waals surface area contributed by atoms with E-state index in [4.69, 9.17) is 0 Å². The molecule has 0 amide bonds. The largest absolute Gasteiger partial charge is 0.235 e. The lowest BCUT2D eigenvalue weighted by Gasteiger charge is -2.08. The summed E-state index contributed by atoms with van der Waals surface area (Å²) in [5.74, 6) is 1.17. The molecule has 0 radical (unpaired) electrons. The van der Waals surface area contributed by atoms with Gasteiger partial charge in [0.1, 0.15) is 0 Å². The normalized spacial score (nSPS) is 10.8. The Kier molecular flexibility index (Phi) is 3.34. The molecule has 2 nitrogen and oxygen atoms in total. The maximum Gasteiger partial charge on any atom is 0.159 e. The molecule has 0 fully saturated rings. The number of nitrogens with zero attached hydrogens (tertiary/aromatic N) is 2. The van der Waals surface area contributed by atoms with Crippen LogP contribution in [0.15, 0.2) is 41.0 Å². The summed E-state index contributed by atoms with van der Waals surface area (Å²) in [6, 6.07) is 10.0. The molecule has 0 bridgehead atoms. The number of hydrogen-bond donors (Lipinski definition) is 0. The van der Waals surface area contributed by atoms with E-state index in [-0.39, 0.29) is 0 Å². The predicted molar refractivity (Wildman–Crippen MR) is 69.3 cm³/mol. The molecule has 0 N–H and O–H groups in total. The van der Waals surface area contributed by atoms with Gasteiger partial charge < -0.3 is 0 Å². The molecule has 0 saturated heterocycles. The highest BCUT2D eigenvalue weighted by Crippen LogP contribution is 2.24. The van der Waals surface area contributed by atoms with Crippen LogP contribution in [-0.2, 0) is 0 Å². The van der Waals surface area contributed by atoms with E-state index in [2.05, 4.69) is 39.7 Å². The lowest BCUT2D eigenvalue weighted by atomic mass is 10.1. The van der Waals surface area contributed by atoms with Crippen molar-refractivity contribution in [2.24, 2.45) is 0 Å². The first-order valence-electron chi connectivity index (χ1n) is 5.26. The van der Waals surface area contributed by atoms with E-state index < -0.39 is 0 Å². The molecule has 2 rings (SSSR count). The van der Waals surface area contributed by atoms with Crippen LogP contribution >= 0.6 is 15.9 Å². The summed E-state index contributed by atoms with van der Waals surface area (Å²) in [4.78, 5) is 8.92. The van der Waals surface area contributed by atoms with Gasteiger partial charge in [-0.3, -0.25) is 0 Å². The highest BCUT2D eigenvalue weighted by Gasteiger charge is 2.09. The van der Waals surface area contributed by atoms with Crippen LogP contribution in [0.4, 0.5) is 0 Å². The molecule has 0 saturated carbocycles. The van der Waals surface area contributed by atoms with Crippen LogP contribution in [0.2, 0.25) is 0 Å². The van der Waals surface area contributed by atoms with E-state index in [0.29, 0.717) is 5.92 Å². The monoisotopic (exact) mass is 276 g/mol. The summed E-state index contributed by atoms with van der Waals surface area (Å²) in [7, 11) is 0. The molecule has 0 spiro atoms. The summed E-state index contributed by atoms with van der Waals surface area (Å²) < 4.78 is 0.974. The predicted octanol–water partition coefficient (Wildman–Crippen LogP) is 4.03. The van der Waals surface area contributed by atoms with Crippen molar-refractivity contribution in [1.82, 2.24) is 9.97 Å². The lowest BCUT2D eigenvalue weighted by molar-refractivity contribution is 0.809. The number of rotatable bonds is 2. The molecule has 16 heavy (non-hydrogen) atoms. The van der Waals surface area contributed by atoms with Crippen LogP contribution in [-0.4, -0.2) is 9.97 Å². The maximum absolute atomic E-state index is 4.58. The fraction of sp³-hybridized carbons (Fsp3) is 0.231. The van der Waals surface area contributed by atoms with Gasteiger partial charge in [0.15, 0.2) is 5.82 Å². The van der Waals surface area contributed by atoms with Gasteiger partial charge in [0.2, 0.25) is 0 Å². The molecule has 0 aliphatic rings. The molecule has 1 aromatic heterocycles. The standard InChI is InChI=1S/C13H13BrN2/c1-9(2)12-11(14)8-15-13(16-12)10-6-4-3-5-7-10/h3-9H,1-2H3. The molecule has 0 atom stereocenters. The second-order valence-corrected chi connectivity index (χ2v) is 4.80. The average Bonchev–Trinajstić information content (AvgIpc) is 2.30. The van der Waals surface area contributed by atoms with Crippen LogP contribution in [0.1, 0.15) is 25.5 Å². The van der Waals surface area contributed by atoms with Crippen molar-refractivity contribution in [2.45, 2.75) is 19.8 Å². The van der Waals surface area contributed by atoms with Gasteiger partial charge in [0, 0.05) is 11.8 Å². The third-order valence-electron chi connectivity index (χ3n) is 2.35. The Morgan fingerprint density at radius 1 is 1.12 bits per heavy atom. The molecular weight excluding hydrogens is 264 g/mol. The third kappa shape index (κ3) is 2.30. The Bertz CT molecular complexity index is 481. The van der Waals surface area contributed by atoms with Gasteiger partial charge in [-0.2, -0.15) is 0 Å². The molecule has 0 unspecified atom stereocenters. The lowest BCUT2D eigenvalue weighted by Crippen LogP contribution is -1.98. The zero-order valence-electron chi connectivity index (χ0n) is 9.31. The van der Waals surface area contributed by atoms with Crippen LogP contribution in [0.25, 0.3) is 11.4 Å². The van der Waals surface area contributed by atoms with E-state index in [1.165, 1.54) is 0 Å². The minimum atomic E-state index is 0.389. The van der Waals surface area contributed by atoms with Gasteiger partial charge in [0.05, 0.1) is 10.2 Å². The Hall–Kier alpha value is -1.22. The van der Waals surface area contributed by atoms with Crippen LogP contribution in [0.5, 0.6) is 0 Å². The van der Waals surface area contributed by atoms with E-state index in [1.807, 2.05) is 36.5 Å². The van der Waals surface area contributed by atoms with Crippen molar-refractivity contribution in [2.75, 3.05) is 0 Å². The number of aromatic nitrogens is 2. The first kappa shape index (κ1) is 11.3. The summed E-state index contributed by atoms with van der Waals surface area (Å²) in [6.45, 7) is 4.25. The van der Waals surface area contributed by atoms with Crippen molar-refractivity contribution in [3.05, 3.63) is 46.7 Å². The zero-order chi connectivity index (χ0) is 11.5. The van der Waals surface area contributed by atoms with Crippen molar-refractivity contribution >= 4 is 15.9 Å². The van der Waals surface area contributed by atoms with Gasteiger partial charge in [-0.25, -0.2) is 9.97 Å². The second kappa shape index (κ2) is 4.74. The minimum Gasteiger partial charge on any atom is -0.235 e. The van der Waals surface area contributed by atoms with Gasteiger partial charge in [-0.1, -0.05) is 44.2 Å². The minimum absolute atomic E-state index is 0.389. The SMILES string of the molecule is CC(C)c1nc(-c2ccccc2)ncc1Br. The van der Waals surface area contributed by atoms with Gasteiger partial charge in [-0.05, 0) is 21.8 Å². The first-order valence-corrected chi connectivity index (χ1v) is 6.05. The highest BCUT2D eigenvalue weighted by molar-refractivity contribution is 9.10. The van der Waals surface area contributed by atoms with Crippen molar-refractivity contribution in [3.8, 4) is 11.4 Å². The average molecular weight is 277 g/mol. The van der Waals surface area contributed by atoms with Gasteiger partial charge in [0.25, 0.3) is 0 Å². The number of benzene rings is 1. The van der Waals surface area contributed by atoms with Crippen LogP contribution in [0.3, 0.4) is 0 Å². The molecule has 0 aliphatic carbocycles. The smallest absolute Gasteiger partial charge is 0.159 e. The van der Waals surface area contributed by atoms with Crippen molar-refractivity contribution < 1.29 is 0 Å². The molecule has 2 aromatic rings. The molecule has 3 heteroatoms. The maximum atomic E-state index is 4.58. The fourth-order valence-corrected chi connectivity index (χ4v) is 2.16. The van der Waals surface area contributed by atoms with Crippen molar-refractivity contribution in [1.29, 1.82) is 0 Å². The molecule has 82 valence electrons. The summed E-state index contributed by atoms with van der Waals surface area (Å²) in [5, 5.41) is 0. The molecular formula is C13H13BrN2. The second-order valence-electron chi connectivity index (χ2n) is 3.95. The summed E-state index contributed by atoms with van der Waals surface area (Å²) >= 11 is 3.48. The van der Waals surface area contributed by atoms with Crippen LogP contribution in [0, 0.1) is 0 Å². The summed E-state index contributed by atoms with van der Waals surface area (Å²) in [6.07, 6.45) is 1.82. The van der Waals surface area contributed by atoms with Gasteiger partial charge in [-0.15, -0.1) is 0 Å². The molecule has 0 aliphatic heterocycles. The van der Waals surface area contributed by atoms with E-state index >= 15 is 0 Å². The molecule has 1 heterocycles. The first-order chi connectivity index (χ1) is 7.68. The van der Waals surface area contributed by atoms with E-state index in [0.717, 1.165) is 21.6 Å². The van der Waals surface area contributed by atoms with Crippen LogP contribution < -0.4 is 0 Å². The summed E-state index contributed by atoms with van der Waals surface area (Å²) in [5.41, 5.74) is 2.10. The van der Waals surface area contributed by atoms with Crippen molar-refractivity contribution in [3.63, 3.8) is 0 Å². The molecule has 1 aromatic carbocycles. The quantitative estimate of drug-likeness (QED) is 0.828. The Balaban J connectivity index is 2.48. The Morgan fingerprint density at radius 3 is 2.44 bits per heavy atom. The Labute approximate surface area is 104 Å². The fourth-order valence-electron chi connectivity index (χ4n) is 1.51. The Morgan fingerprint density at radius 2 is 1.81 bits per heavy atom.